The molecule has 0 bridgehead atoms. The van der Waals surface area contributed by atoms with Crippen LogP contribution in [0.15, 0.2) is 66.7 Å². The summed E-state index contributed by atoms with van der Waals surface area (Å²) in [5, 5.41) is 7.78. The Hall–Kier alpha value is -3.87. The Kier molecular flexibility index (Phi) is 9.05. The van der Waals surface area contributed by atoms with E-state index in [9.17, 15) is 14.4 Å². The van der Waals surface area contributed by atoms with Gasteiger partial charge in [0.2, 0.25) is 5.91 Å². The van der Waals surface area contributed by atoms with Crippen molar-refractivity contribution in [3.8, 4) is 0 Å². The lowest BCUT2D eigenvalue weighted by atomic mass is 9.90. The van der Waals surface area contributed by atoms with Crippen LogP contribution in [0.3, 0.4) is 0 Å². The highest BCUT2D eigenvalue weighted by Crippen LogP contribution is 2.34. The van der Waals surface area contributed by atoms with Gasteiger partial charge in [0.15, 0.2) is 0 Å². The van der Waals surface area contributed by atoms with E-state index >= 15 is 0 Å². The van der Waals surface area contributed by atoms with E-state index in [2.05, 4.69) is 10.6 Å². The van der Waals surface area contributed by atoms with Crippen molar-refractivity contribution in [3.05, 3.63) is 77.9 Å². The fraction of sp³-hybridized carbons (Fsp3) is 0.406. The van der Waals surface area contributed by atoms with Gasteiger partial charge in [0.25, 0.3) is 5.91 Å². The van der Waals surface area contributed by atoms with Gasteiger partial charge >= 0.3 is 6.09 Å². The van der Waals surface area contributed by atoms with Crippen LogP contribution in [0.4, 0.5) is 10.5 Å². The molecule has 3 aromatic carbocycles. The zero-order valence-electron chi connectivity index (χ0n) is 24.3. The predicted octanol–water partition coefficient (Wildman–Crippen LogP) is 6.76. The summed E-state index contributed by atoms with van der Waals surface area (Å²) in [6.45, 7) is 14.7. The number of alkyl carbamates (subject to hydrolysis) is 1. The van der Waals surface area contributed by atoms with Crippen molar-refractivity contribution in [2.45, 2.75) is 85.0 Å². The number of carbonyl (C=O) groups is 3. The first-order valence-corrected chi connectivity index (χ1v) is 13.4. The van der Waals surface area contributed by atoms with Crippen molar-refractivity contribution in [1.29, 1.82) is 0 Å². The molecule has 0 saturated heterocycles. The summed E-state index contributed by atoms with van der Waals surface area (Å²) in [5.41, 5.74) is 0.815. The molecule has 0 aliphatic rings. The first kappa shape index (κ1) is 29.7. The minimum atomic E-state index is -0.942. The molecule has 0 aliphatic heterocycles. The predicted molar refractivity (Wildman–Crippen MR) is 157 cm³/mol. The lowest BCUT2D eigenvalue weighted by molar-refractivity contribution is -0.147. The molecule has 0 radical (unpaired) electrons. The molecule has 208 valence electrons. The minimum Gasteiger partial charge on any atom is -0.444 e. The summed E-state index contributed by atoms with van der Waals surface area (Å²) in [6.07, 6.45) is -0.102. The molecule has 7 nitrogen and oxygen atoms in total. The van der Waals surface area contributed by atoms with Gasteiger partial charge in [0.05, 0.1) is 0 Å². The van der Waals surface area contributed by atoms with Gasteiger partial charge < -0.3 is 20.3 Å². The molecule has 2 unspecified atom stereocenters. The molecule has 0 saturated carbocycles. The van der Waals surface area contributed by atoms with Crippen LogP contribution in [0.2, 0.25) is 0 Å². The number of fused-ring (bicyclic) bond motifs is 1. The monoisotopic (exact) mass is 531 g/mol. The molecular weight excluding hydrogens is 490 g/mol. The molecule has 7 heteroatoms. The topological polar surface area (TPSA) is 87.7 Å². The van der Waals surface area contributed by atoms with Gasteiger partial charge in [-0.25, -0.2) is 4.79 Å². The second-order valence-electron chi connectivity index (χ2n) is 11.6. The average molecular weight is 532 g/mol. The maximum absolute atomic E-state index is 14.1. The number of anilines is 1. The van der Waals surface area contributed by atoms with Crippen LogP contribution in [-0.4, -0.2) is 40.0 Å². The van der Waals surface area contributed by atoms with Crippen LogP contribution in [0, 0.1) is 6.92 Å². The fourth-order valence-corrected chi connectivity index (χ4v) is 4.47. The molecular formula is C32H41N3O4. The minimum absolute atomic E-state index is 0.334. The summed E-state index contributed by atoms with van der Waals surface area (Å²) < 4.78 is 5.38. The molecule has 39 heavy (non-hydrogen) atoms. The Morgan fingerprint density at radius 1 is 0.897 bits per heavy atom. The van der Waals surface area contributed by atoms with Gasteiger partial charge in [0, 0.05) is 11.2 Å². The smallest absolute Gasteiger partial charge is 0.408 e. The molecule has 3 rings (SSSR count). The molecule has 0 fully saturated rings. The highest BCUT2D eigenvalue weighted by molar-refractivity contribution is 6.00. The van der Waals surface area contributed by atoms with Crippen molar-refractivity contribution in [1.82, 2.24) is 10.2 Å². The maximum Gasteiger partial charge on any atom is 0.408 e. The zero-order valence-corrected chi connectivity index (χ0v) is 24.3. The molecule has 2 N–H and O–H groups in total. The molecule has 2 atom stereocenters. The molecule has 0 heterocycles. The van der Waals surface area contributed by atoms with Gasteiger partial charge in [0.1, 0.15) is 17.7 Å². The fourth-order valence-electron chi connectivity index (χ4n) is 4.47. The van der Waals surface area contributed by atoms with Crippen molar-refractivity contribution in [3.63, 3.8) is 0 Å². The Morgan fingerprint density at radius 3 is 2.13 bits per heavy atom. The van der Waals surface area contributed by atoms with Crippen molar-refractivity contribution >= 4 is 34.4 Å². The first-order chi connectivity index (χ1) is 18.2. The third kappa shape index (κ3) is 7.37. The number of rotatable bonds is 8. The van der Waals surface area contributed by atoms with Crippen molar-refractivity contribution < 1.29 is 19.1 Å². The summed E-state index contributed by atoms with van der Waals surface area (Å²) in [6, 6.07) is 19.4. The second-order valence-corrected chi connectivity index (χ2v) is 11.6. The van der Waals surface area contributed by atoms with Crippen molar-refractivity contribution in [2.75, 3.05) is 5.32 Å². The van der Waals surface area contributed by atoms with E-state index in [0.717, 1.165) is 21.9 Å². The van der Waals surface area contributed by atoms with E-state index < -0.39 is 29.3 Å². The average Bonchev–Trinajstić information content (AvgIpc) is 2.86. The number of hydrogen-bond acceptors (Lipinski definition) is 4. The zero-order chi connectivity index (χ0) is 29.0. The number of benzene rings is 3. The van der Waals surface area contributed by atoms with Gasteiger partial charge in [-0.3, -0.25) is 9.59 Å². The van der Waals surface area contributed by atoms with E-state index in [-0.39, 0.29) is 11.8 Å². The van der Waals surface area contributed by atoms with E-state index in [1.807, 2.05) is 94.4 Å². The first-order valence-electron chi connectivity index (χ1n) is 13.4. The van der Waals surface area contributed by atoms with Gasteiger partial charge in [-0.1, -0.05) is 61.5 Å². The highest BCUT2D eigenvalue weighted by atomic mass is 16.6. The van der Waals surface area contributed by atoms with Crippen LogP contribution in [0.1, 0.15) is 72.1 Å². The van der Waals surface area contributed by atoms with Crippen molar-refractivity contribution in [2.24, 2.45) is 0 Å². The SMILES string of the molecule is CCC(C)(C)N(C(=O)C(C)NC(=O)OC(C)(C)C)C(C(=O)Nc1ccc2ccccc2c1)c1ccccc1C. The number of hydrogen-bond donors (Lipinski definition) is 2. The van der Waals surface area contributed by atoms with Crippen LogP contribution in [-0.2, 0) is 14.3 Å². The highest BCUT2D eigenvalue weighted by Gasteiger charge is 2.42. The Bertz CT molecular complexity index is 1340. The lowest BCUT2D eigenvalue weighted by Crippen LogP contribution is -2.58. The number of carbonyl (C=O) groups excluding carboxylic acids is 3. The largest absolute Gasteiger partial charge is 0.444 e. The number of amides is 3. The van der Waals surface area contributed by atoms with E-state index in [0.29, 0.717) is 12.1 Å². The summed E-state index contributed by atoms with van der Waals surface area (Å²) in [5.74, 6) is -0.714. The van der Waals surface area contributed by atoms with Gasteiger partial charge in [-0.05, 0) is 88.9 Å². The van der Waals surface area contributed by atoms with Gasteiger partial charge in [-0.15, -0.1) is 0 Å². The molecule has 0 aromatic heterocycles. The quantitative estimate of drug-likeness (QED) is 0.336. The third-order valence-electron chi connectivity index (χ3n) is 6.87. The van der Waals surface area contributed by atoms with E-state index in [1.165, 1.54) is 0 Å². The summed E-state index contributed by atoms with van der Waals surface area (Å²) in [4.78, 5) is 42.3. The molecule has 3 amide bonds. The third-order valence-corrected chi connectivity index (χ3v) is 6.87. The molecule has 3 aromatic rings. The Labute approximate surface area is 231 Å². The summed E-state index contributed by atoms with van der Waals surface area (Å²) in [7, 11) is 0. The van der Waals surface area contributed by atoms with Gasteiger partial charge in [-0.2, -0.15) is 0 Å². The number of aryl methyl sites for hydroxylation is 1. The summed E-state index contributed by atoms with van der Waals surface area (Å²) >= 11 is 0. The van der Waals surface area contributed by atoms with Crippen LogP contribution >= 0.6 is 0 Å². The molecule has 0 aliphatic carbocycles. The second kappa shape index (κ2) is 11.9. The Morgan fingerprint density at radius 2 is 1.51 bits per heavy atom. The maximum atomic E-state index is 14.1. The normalized spacial score (nSPS) is 13.3. The Balaban J connectivity index is 2.04. The standard InChI is InChI=1S/C32H41N3O4/c1-9-32(7,8)35(29(37)22(3)33-30(38)39-31(4,5)6)27(26-17-13-10-14-21(26)2)28(36)34-25-19-18-23-15-11-12-16-24(23)20-25/h10-20,22,27H,9H2,1-8H3,(H,33,38)(H,34,36). The molecule has 0 spiro atoms. The van der Waals surface area contributed by atoms with E-state index in [1.54, 1.807) is 32.6 Å². The van der Waals surface area contributed by atoms with Crippen LogP contribution < -0.4 is 10.6 Å². The number of nitrogens with one attached hydrogen (secondary N) is 2. The van der Waals surface area contributed by atoms with Crippen LogP contribution in [0.5, 0.6) is 0 Å². The van der Waals surface area contributed by atoms with E-state index in [4.69, 9.17) is 4.74 Å². The lowest BCUT2D eigenvalue weighted by Gasteiger charge is -2.44. The number of nitrogens with zero attached hydrogens (tertiary/aromatic N) is 1. The van der Waals surface area contributed by atoms with Crippen LogP contribution in [0.25, 0.3) is 10.8 Å². The number of ether oxygens (including phenoxy) is 1.